The van der Waals surface area contributed by atoms with Gasteiger partial charge in [-0.3, -0.25) is 9.97 Å². The van der Waals surface area contributed by atoms with Crippen LogP contribution in [0.25, 0.3) is 21.8 Å². The van der Waals surface area contributed by atoms with Gasteiger partial charge in [-0.1, -0.05) is 66.6 Å². The molecule has 154 valence electrons. The summed E-state index contributed by atoms with van der Waals surface area (Å²) in [6, 6.07) is 15.4. The molecule has 0 fully saturated rings. The molecule has 0 bridgehead atoms. The molecule has 5 heteroatoms. The minimum absolute atomic E-state index is 0.157. The monoisotopic (exact) mass is 445 g/mol. The van der Waals surface area contributed by atoms with Gasteiger partial charge in [-0.25, -0.2) is 0 Å². The highest BCUT2D eigenvalue weighted by Crippen LogP contribution is 2.48. The average molecular weight is 446 g/mol. The quantitative estimate of drug-likeness (QED) is 0.377. The largest absolute Gasteiger partial charge is 0.323 e. The predicted molar refractivity (Wildman–Crippen MR) is 130 cm³/mol. The third-order valence-electron chi connectivity index (χ3n) is 6.40. The number of benzene rings is 2. The van der Waals surface area contributed by atoms with Gasteiger partial charge < -0.3 is 5.73 Å². The van der Waals surface area contributed by atoms with Gasteiger partial charge >= 0.3 is 0 Å². The van der Waals surface area contributed by atoms with Gasteiger partial charge in [0.05, 0.1) is 11.0 Å². The number of hydrogen-bond donors (Lipinski definition) is 1. The number of rotatable bonds is 3. The van der Waals surface area contributed by atoms with Crippen LogP contribution in [-0.4, -0.2) is 9.97 Å². The second kappa shape index (κ2) is 7.76. The second-order valence-corrected chi connectivity index (χ2v) is 8.90. The van der Waals surface area contributed by atoms with Crippen molar-refractivity contribution >= 4 is 45.0 Å². The molecule has 1 aliphatic rings. The predicted octanol–water partition coefficient (Wildman–Crippen LogP) is 6.79. The normalized spacial score (nSPS) is 21.6. The number of nitrogens with zero attached hydrogens (tertiary/aromatic N) is 2. The number of aromatic nitrogens is 2. The molecule has 2 N–H and O–H groups in total. The van der Waals surface area contributed by atoms with Crippen molar-refractivity contribution in [1.29, 1.82) is 0 Å². The van der Waals surface area contributed by atoms with Crippen molar-refractivity contribution in [3.63, 3.8) is 0 Å². The van der Waals surface area contributed by atoms with E-state index >= 15 is 0 Å². The lowest BCUT2D eigenvalue weighted by Gasteiger charge is -2.43. The minimum Gasteiger partial charge on any atom is -0.323 e. The lowest BCUT2D eigenvalue weighted by atomic mass is 9.62. The second-order valence-electron chi connectivity index (χ2n) is 8.03. The van der Waals surface area contributed by atoms with E-state index < -0.39 is 5.41 Å². The minimum atomic E-state index is -0.475. The summed E-state index contributed by atoms with van der Waals surface area (Å²) >= 11 is 12.5. The maximum atomic E-state index is 7.16. The molecular weight excluding hydrogens is 425 g/mol. The first kappa shape index (κ1) is 20.2. The summed E-state index contributed by atoms with van der Waals surface area (Å²) in [7, 11) is 0. The molecule has 0 saturated heterocycles. The van der Waals surface area contributed by atoms with Crippen LogP contribution in [0.3, 0.4) is 0 Å². The topological polar surface area (TPSA) is 51.8 Å². The van der Waals surface area contributed by atoms with E-state index in [4.69, 9.17) is 28.9 Å². The number of fused-ring (bicyclic) bond motifs is 2. The SMILES string of the molecule is CC1C=CC=CC1(c1ccnc2cc(Cl)ccc12)C(N)c1ccnc2cc(Cl)ccc12. The zero-order valence-corrected chi connectivity index (χ0v) is 18.5. The molecule has 3 atom stereocenters. The van der Waals surface area contributed by atoms with Crippen LogP contribution in [0.5, 0.6) is 0 Å². The standard InChI is InChI=1S/C26H21Cl2N3/c1-16-4-2-3-11-26(16,22-10-13-31-24-15-18(28)6-8-21(22)24)25(29)20-9-12-30-23-14-17(27)5-7-19(20)23/h2-16,25H,29H2,1H3. The van der Waals surface area contributed by atoms with Gasteiger partial charge in [-0.05, 0) is 53.4 Å². The molecule has 0 spiro atoms. The van der Waals surface area contributed by atoms with Gasteiger partial charge in [-0.15, -0.1) is 0 Å². The summed E-state index contributed by atoms with van der Waals surface area (Å²) in [4.78, 5) is 9.06. The molecule has 0 radical (unpaired) electrons. The fraction of sp³-hybridized carbons (Fsp3) is 0.154. The third kappa shape index (κ3) is 3.25. The van der Waals surface area contributed by atoms with Crippen LogP contribution < -0.4 is 5.73 Å². The summed E-state index contributed by atoms with van der Waals surface area (Å²) in [5.74, 6) is 0.157. The van der Waals surface area contributed by atoms with Gasteiger partial charge in [0.2, 0.25) is 0 Å². The van der Waals surface area contributed by atoms with Gasteiger partial charge in [0, 0.05) is 44.7 Å². The molecular formula is C26H21Cl2N3. The number of nitrogens with two attached hydrogens (primary N) is 1. The molecule has 1 aliphatic carbocycles. The summed E-state index contributed by atoms with van der Waals surface area (Å²) in [5, 5.41) is 3.39. The summed E-state index contributed by atoms with van der Waals surface area (Å²) in [6.07, 6.45) is 12.3. The first-order valence-electron chi connectivity index (χ1n) is 10.2. The number of pyridine rings is 2. The van der Waals surface area contributed by atoms with Crippen molar-refractivity contribution in [3.8, 4) is 0 Å². The smallest absolute Gasteiger partial charge is 0.0720 e. The Hall–Kier alpha value is -2.72. The van der Waals surface area contributed by atoms with Crippen molar-refractivity contribution < 1.29 is 0 Å². The van der Waals surface area contributed by atoms with Crippen LogP contribution in [-0.2, 0) is 5.41 Å². The van der Waals surface area contributed by atoms with E-state index in [1.807, 2.05) is 48.7 Å². The van der Waals surface area contributed by atoms with Crippen molar-refractivity contribution in [1.82, 2.24) is 9.97 Å². The lowest BCUT2D eigenvalue weighted by molar-refractivity contribution is 0.348. The molecule has 2 aromatic heterocycles. The highest BCUT2D eigenvalue weighted by atomic mass is 35.5. The number of allylic oxidation sites excluding steroid dienone is 3. The van der Waals surface area contributed by atoms with Crippen LogP contribution in [0.15, 0.2) is 85.2 Å². The first-order chi connectivity index (χ1) is 15.0. The Morgan fingerprint density at radius 3 is 2.23 bits per heavy atom. The van der Waals surface area contributed by atoms with Gasteiger partial charge in [0.25, 0.3) is 0 Å². The highest BCUT2D eigenvalue weighted by molar-refractivity contribution is 6.31. The zero-order valence-electron chi connectivity index (χ0n) is 17.0. The Balaban J connectivity index is 1.79. The first-order valence-corrected chi connectivity index (χ1v) is 11.0. The molecule has 0 amide bonds. The fourth-order valence-electron chi connectivity index (χ4n) is 4.82. The molecule has 2 heterocycles. The summed E-state index contributed by atoms with van der Waals surface area (Å²) in [6.45, 7) is 2.21. The Morgan fingerprint density at radius 1 is 0.871 bits per heavy atom. The van der Waals surface area contributed by atoms with Crippen molar-refractivity contribution in [2.45, 2.75) is 18.4 Å². The molecule has 0 aliphatic heterocycles. The third-order valence-corrected chi connectivity index (χ3v) is 6.87. The molecule has 3 unspecified atom stereocenters. The van der Waals surface area contributed by atoms with Crippen LogP contribution in [0.2, 0.25) is 10.0 Å². The van der Waals surface area contributed by atoms with E-state index in [0.29, 0.717) is 10.0 Å². The molecule has 3 nitrogen and oxygen atoms in total. The molecule has 0 saturated carbocycles. The molecule has 5 rings (SSSR count). The highest BCUT2D eigenvalue weighted by Gasteiger charge is 2.43. The Bertz CT molecular complexity index is 1360. The van der Waals surface area contributed by atoms with E-state index in [0.717, 1.165) is 32.9 Å². The Labute approximate surface area is 191 Å². The van der Waals surface area contributed by atoms with E-state index in [-0.39, 0.29) is 12.0 Å². The van der Waals surface area contributed by atoms with Crippen molar-refractivity contribution in [2.75, 3.05) is 0 Å². The van der Waals surface area contributed by atoms with Crippen molar-refractivity contribution in [3.05, 3.63) is 106 Å². The summed E-state index contributed by atoms with van der Waals surface area (Å²) in [5.41, 5.74) is 10.6. The van der Waals surface area contributed by atoms with Crippen LogP contribution in [0.4, 0.5) is 0 Å². The Morgan fingerprint density at radius 2 is 1.52 bits per heavy atom. The molecule has 2 aromatic carbocycles. The van der Waals surface area contributed by atoms with Crippen molar-refractivity contribution in [2.24, 2.45) is 11.7 Å². The van der Waals surface area contributed by atoms with Gasteiger partial charge in [0.1, 0.15) is 0 Å². The average Bonchev–Trinajstić information content (AvgIpc) is 2.78. The fourth-order valence-corrected chi connectivity index (χ4v) is 5.15. The van der Waals surface area contributed by atoms with Crippen LogP contribution in [0.1, 0.15) is 24.1 Å². The van der Waals surface area contributed by atoms with E-state index in [1.165, 1.54) is 0 Å². The zero-order chi connectivity index (χ0) is 21.6. The van der Waals surface area contributed by atoms with Crippen LogP contribution in [0, 0.1) is 5.92 Å². The van der Waals surface area contributed by atoms with E-state index in [9.17, 15) is 0 Å². The van der Waals surface area contributed by atoms with Gasteiger partial charge in [-0.2, -0.15) is 0 Å². The van der Waals surface area contributed by atoms with Gasteiger partial charge in [0.15, 0.2) is 0 Å². The lowest BCUT2D eigenvalue weighted by Crippen LogP contribution is -2.43. The summed E-state index contributed by atoms with van der Waals surface area (Å²) < 4.78 is 0. The van der Waals surface area contributed by atoms with E-state index in [2.05, 4.69) is 47.3 Å². The molecule has 4 aromatic rings. The van der Waals surface area contributed by atoms with Crippen LogP contribution >= 0.6 is 23.2 Å². The maximum Gasteiger partial charge on any atom is 0.0720 e. The maximum absolute atomic E-state index is 7.16. The molecule has 31 heavy (non-hydrogen) atoms. The van der Waals surface area contributed by atoms with E-state index in [1.54, 1.807) is 6.20 Å². The Kier molecular flexibility index (Phi) is 5.05. The number of halogens is 2. The number of hydrogen-bond acceptors (Lipinski definition) is 3.